The van der Waals surface area contributed by atoms with E-state index in [9.17, 15) is 0 Å². The lowest BCUT2D eigenvalue weighted by Gasteiger charge is -2.25. The van der Waals surface area contributed by atoms with Crippen LogP contribution in [0.15, 0.2) is 30.3 Å². The minimum Gasteiger partial charge on any atom is -0.299 e. The third-order valence-corrected chi connectivity index (χ3v) is 4.74. The molecule has 1 saturated heterocycles. The topological polar surface area (TPSA) is 36.9 Å². The third-order valence-electron chi connectivity index (χ3n) is 3.49. The van der Waals surface area contributed by atoms with Gasteiger partial charge >= 0.3 is 0 Å². The van der Waals surface area contributed by atoms with E-state index in [2.05, 4.69) is 43.9 Å². The summed E-state index contributed by atoms with van der Waals surface area (Å²) in [4.78, 5) is 2.45. The van der Waals surface area contributed by atoms with Crippen LogP contribution in [0.5, 0.6) is 0 Å². The molecule has 1 N–H and O–H groups in total. The van der Waals surface area contributed by atoms with E-state index < -0.39 is 0 Å². The van der Waals surface area contributed by atoms with Crippen molar-refractivity contribution in [2.24, 2.45) is 0 Å². The summed E-state index contributed by atoms with van der Waals surface area (Å²) in [6.07, 6.45) is 0. The Morgan fingerprint density at radius 1 is 1.15 bits per heavy atom. The molecule has 106 valence electrons. The van der Waals surface area contributed by atoms with Crippen molar-refractivity contribution in [1.82, 2.24) is 19.7 Å². The number of thioether (sulfide) groups is 1. The Balaban J connectivity index is 1.76. The summed E-state index contributed by atoms with van der Waals surface area (Å²) in [5.74, 6) is 3.46. The molecule has 1 aromatic carbocycles. The summed E-state index contributed by atoms with van der Waals surface area (Å²) in [5, 5.41) is 7.33. The van der Waals surface area contributed by atoms with Gasteiger partial charge in [0.15, 0.2) is 4.77 Å². The van der Waals surface area contributed by atoms with E-state index in [4.69, 9.17) is 12.2 Å². The molecule has 0 amide bonds. The molecule has 20 heavy (non-hydrogen) atoms. The average molecular weight is 306 g/mol. The van der Waals surface area contributed by atoms with Crippen molar-refractivity contribution >= 4 is 24.0 Å². The first-order chi connectivity index (χ1) is 9.83. The molecular weight excluding hydrogens is 288 g/mol. The fourth-order valence-electron chi connectivity index (χ4n) is 2.36. The Morgan fingerprint density at radius 3 is 2.65 bits per heavy atom. The second kappa shape index (κ2) is 6.56. The van der Waals surface area contributed by atoms with Crippen molar-refractivity contribution in [3.63, 3.8) is 0 Å². The van der Waals surface area contributed by atoms with E-state index in [0.29, 0.717) is 4.77 Å². The largest absolute Gasteiger partial charge is 0.299 e. The molecule has 0 spiro atoms. The number of aromatic amines is 1. The average Bonchev–Trinajstić information content (AvgIpc) is 2.83. The Hall–Kier alpha value is -1.11. The van der Waals surface area contributed by atoms with Crippen LogP contribution in [0.25, 0.3) is 0 Å². The van der Waals surface area contributed by atoms with Crippen molar-refractivity contribution in [3.8, 4) is 0 Å². The van der Waals surface area contributed by atoms with Crippen molar-refractivity contribution in [2.75, 3.05) is 24.6 Å². The number of hydrogen-bond donors (Lipinski definition) is 1. The van der Waals surface area contributed by atoms with Crippen molar-refractivity contribution in [3.05, 3.63) is 46.5 Å². The zero-order valence-electron chi connectivity index (χ0n) is 11.3. The van der Waals surface area contributed by atoms with Gasteiger partial charge in [-0.05, 0) is 17.8 Å². The maximum atomic E-state index is 5.36. The van der Waals surface area contributed by atoms with Crippen LogP contribution < -0.4 is 0 Å². The first-order valence-electron chi connectivity index (χ1n) is 6.81. The molecule has 0 unspecified atom stereocenters. The van der Waals surface area contributed by atoms with Gasteiger partial charge in [0.25, 0.3) is 0 Å². The minimum absolute atomic E-state index is 0.704. The van der Waals surface area contributed by atoms with Gasteiger partial charge in [-0.2, -0.15) is 16.9 Å². The number of benzene rings is 1. The number of rotatable bonds is 4. The van der Waals surface area contributed by atoms with Crippen LogP contribution in [0.1, 0.15) is 11.4 Å². The lowest BCUT2D eigenvalue weighted by molar-refractivity contribution is 0.282. The molecule has 2 aromatic rings. The summed E-state index contributed by atoms with van der Waals surface area (Å²) in [6, 6.07) is 10.4. The Kier molecular flexibility index (Phi) is 4.54. The Morgan fingerprint density at radius 2 is 1.90 bits per heavy atom. The molecule has 1 aliphatic heterocycles. The van der Waals surface area contributed by atoms with Crippen molar-refractivity contribution in [2.45, 2.75) is 13.1 Å². The Labute approximate surface area is 128 Å². The maximum Gasteiger partial charge on any atom is 0.195 e. The fraction of sp³-hybridized carbons (Fsp3) is 0.429. The SMILES string of the molecule is S=c1[nH]nc(CN2CCSCC2)n1Cc1ccccc1. The molecule has 0 bridgehead atoms. The molecule has 0 radical (unpaired) electrons. The highest BCUT2D eigenvalue weighted by Crippen LogP contribution is 2.13. The van der Waals surface area contributed by atoms with Crippen molar-refractivity contribution in [1.29, 1.82) is 0 Å². The summed E-state index contributed by atoms with van der Waals surface area (Å²) in [6.45, 7) is 3.93. The van der Waals surface area contributed by atoms with Gasteiger partial charge in [-0.25, -0.2) is 0 Å². The zero-order chi connectivity index (χ0) is 13.8. The number of H-pyrrole nitrogens is 1. The van der Waals surface area contributed by atoms with Crippen LogP contribution in [-0.2, 0) is 13.1 Å². The monoisotopic (exact) mass is 306 g/mol. The number of nitrogens with zero attached hydrogens (tertiary/aromatic N) is 3. The molecule has 1 fully saturated rings. The number of nitrogens with one attached hydrogen (secondary N) is 1. The molecule has 1 aliphatic rings. The van der Waals surface area contributed by atoms with Crippen LogP contribution in [0, 0.1) is 4.77 Å². The van der Waals surface area contributed by atoms with E-state index in [-0.39, 0.29) is 0 Å². The summed E-state index contributed by atoms with van der Waals surface area (Å²) >= 11 is 7.39. The highest BCUT2D eigenvalue weighted by molar-refractivity contribution is 7.99. The number of aromatic nitrogens is 3. The van der Waals surface area contributed by atoms with Gasteiger partial charge in [-0.15, -0.1) is 0 Å². The number of hydrogen-bond acceptors (Lipinski definition) is 4. The van der Waals surface area contributed by atoms with E-state index in [0.717, 1.165) is 32.0 Å². The van der Waals surface area contributed by atoms with Gasteiger partial charge in [-0.3, -0.25) is 14.6 Å². The second-order valence-electron chi connectivity index (χ2n) is 4.91. The van der Waals surface area contributed by atoms with E-state index in [1.807, 2.05) is 17.8 Å². The zero-order valence-corrected chi connectivity index (χ0v) is 12.9. The van der Waals surface area contributed by atoms with E-state index in [1.165, 1.54) is 17.1 Å². The third kappa shape index (κ3) is 3.31. The Bertz CT molecular complexity index is 599. The molecule has 4 nitrogen and oxygen atoms in total. The molecule has 0 aliphatic carbocycles. The molecule has 2 heterocycles. The highest BCUT2D eigenvalue weighted by Gasteiger charge is 2.14. The van der Waals surface area contributed by atoms with Gasteiger partial charge in [0.1, 0.15) is 5.82 Å². The smallest absolute Gasteiger partial charge is 0.195 e. The first kappa shape index (κ1) is 13.9. The molecular formula is C14H18N4S2. The summed E-state index contributed by atoms with van der Waals surface area (Å²) < 4.78 is 2.81. The lowest BCUT2D eigenvalue weighted by atomic mass is 10.2. The first-order valence-corrected chi connectivity index (χ1v) is 8.37. The molecule has 3 rings (SSSR count). The van der Waals surface area contributed by atoms with Crippen LogP contribution >= 0.6 is 24.0 Å². The molecule has 6 heteroatoms. The highest BCUT2D eigenvalue weighted by atomic mass is 32.2. The van der Waals surface area contributed by atoms with Crippen LogP contribution in [-0.4, -0.2) is 44.3 Å². The molecule has 1 aromatic heterocycles. The van der Waals surface area contributed by atoms with Gasteiger partial charge in [0.05, 0.1) is 13.1 Å². The molecule has 0 saturated carbocycles. The predicted molar refractivity (Wildman–Crippen MR) is 85.6 cm³/mol. The predicted octanol–water partition coefficient (Wildman–Crippen LogP) is 2.54. The quantitative estimate of drug-likeness (QED) is 0.881. The summed E-state index contributed by atoms with van der Waals surface area (Å²) in [5.41, 5.74) is 1.25. The van der Waals surface area contributed by atoms with Gasteiger partial charge in [0.2, 0.25) is 0 Å². The lowest BCUT2D eigenvalue weighted by Crippen LogP contribution is -2.33. The van der Waals surface area contributed by atoms with Gasteiger partial charge < -0.3 is 0 Å². The van der Waals surface area contributed by atoms with Crippen LogP contribution in [0.3, 0.4) is 0 Å². The van der Waals surface area contributed by atoms with Gasteiger partial charge in [0, 0.05) is 24.6 Å². The standard InChI is InChI=1S/C14H18N4S2/c19-14-16-15-13(11-17-6-8-20-9-7-17)18(14)10-12-4-2-1-3-5-12/h1-5H,6-11H2,(H,16,19). The van der Waals surface area contributed by atoms with Crippen LogP contribution in [0.4, 0.5) is 0 Å². The molecule has 0 atom stereocenters. The van der Waals surface area contributed by atoms with E-state index >= 15 is 0 Å². The normalized spacial score (nSPS) is 16.4. The fourth-order valence-corrected chi connectivity index (χ4v) is 3.55. The minimum atomic E-state index is 0.704. The second-order valence-corrected chi connectivity index (χ2v) is 6.52. The summed E-state index contributed by atoms with van der Waals surface area (Å²) in [7, 11) is 0. The van der Waals surface area contributed by atoms with E-state index in [1.54, 1.807) is 0 Å². The maximum absolute atomic E-state index is 5.36. The van der Waals surface area contributed by atoms with Gasteiger partial charge in [-0.1, -0.05) is 30.3 Å². The van der Waals surface area contributed by atoms with Crippen LogP contribution in [0.2, 0.25) is 0 Å². The van der Waals surface area contributed by atoms with Crippen molar-refractivity contribution < 1.29 is 0 Å².